The molecule has 0 unspecified atom stereocenters. The standard InChI is InChI=1S/C63H43NO2/c1-62(2)50-30-46-47-31-51-49(61-43-19-9-7-15-37(43)45(29-53(61)63(51,3)4)35-23-25-41-39-17-11-13-21-57(39)66-59(41)27-35)33-55(47)64(5)54(46)32-48(50)60-42-18-8-6-14-36(42)44(28-52(60)62)34-22-24-40-38-16-10-12-20-56(38)65-58(40)26-34/h6-33H,1-5H3. The zero-order valence-corrected chi connectivity index (χ0v) is 37.4. The summed E-state index contributed by atoms with van der Waals surface area (Å²) in [5, 5.41) is 12.3. The van der Waals surface area contributed by atoms with Crippen molar-refractivity contribution in [3.63, 3.8) is 0 Å². The van der Waals surface area contributed by atoms with Crippen molar-refractivity contribution in [3.05, 3.63) is 192 Å². The molecular weight excluding hydrogens is 803 g/mol. The molecule has 0 saturated heterocycles. The Balaban J connectivity index is 0.909. The predicted molar refractivity (Wildman–Crippen MR) is 276 cm³/mol. The summed E-state index contributed by atoms with van der Waals surface area (Å²) in [6, 6.07) is 63.1. The summed E-state index contributed by atoms with van der Waals surface area (Å²) in [6.07, 6.45) is 0. The average molecular weight is 846 g/mol. The van der Waals surface area contributed by atoms with Crippen LogP contribution in [0.25, 0.3) is 132 Å². The zero-order valence-electron chi connectivity index (χ0n) is 37.4. The van der Waals surface area contributed by atoms with Gasteiger partial charge in [0.2, 0.25) is 0 Å². The van der Waals surface area contributed by atoms with Gasteiger partial charge in [0.1, 0.15) is 22.3 Å². The Morgan fingerprint density at radius 2 is 0.697 bits per heavy atom. The van der Waals surface area contributed by atoms with E-state index in [0.717, 1.165) is 43.9 Å². The Morgan fingerprint density at radius 1 is 0.318 bits per heavy atom. The Bertz CT molecular complexity index is 4080. The molecule has 2 aliphatic carbocycles. The fraction of sp³-hybridized carbons (Fsp3) is 0.111. The van der Waals surface area contributed by atoms with Gasteiger partial charge < -0.3 is 13.4 Å². The second kappa shape index (κ2) is 12.3. The first-order valence-corrected chi connectivity index (χ1v) is 23.2. The molecule has 2 aliphatic rings. The van der Waals surface area contributed by atoms with E-state index in [9.17, 15) is 0 Å². The highest BCUT2D eigenvalue weighted by Gasteiger charge is 2.40. The SMILES string of the molecule is Cn1c2cc3c(cc2c2cc4c(cc21)-c1c(cc(-c2ccc5c(c2)oc2ccccc25)c2ccccc12)C4(C)C)C(C)(C)c1cc(-c2ccc4c(c2)oc2ccccc24)c2ccccc2c1-3. The Hall–Kier alpha value is -7.88. The molecule has 10 aromatic carbocycles. The summed E-state index contributed by atoms with van der Waals surface area (Å²) >= 11 is 0. The highest BCUT2D eigenvalue weighted by atomic mass is 16.3. The van der Waals surface area contributed by atoms with Crippen LogP contribution in [0, 0.1) is 0 Å². The molecule has 3 nitrogen and oxygen atoms in total. The maximum Gasteiger partial charge on any atom is 0.136 e. The van der Waals surface area contributed by atoms with Crippen LogP contribution in [0.5, 0.6) is 0 Å². The van der Waals surface area contributed by atoms with E-state index in [2.05, 4.69) is 197 Å². The fourth-order valence-corrected chi connectivity index (χ4v) is 12.6. The van der Waals surface area contributed by atoms with Crippen LogP contribution in [-0.2, 0) is 17.9 Å². The summed E-state index contributed by atoms with van der Waals surface area (Å²) < 4.78 is 15.3. The third-order valence-corrected chi connectivity index (χ3v) is 16.0. The second-order valence-electron chi connectivity index (χ2n) is 20.0. The van der Waals surface area contributed by atoms with Gasteiger partial charge in [0.15, 0.2) is 0 Å². The van der Waals surface area contributed by atoms with Crippen LogP contribution >= 0.6 is 0 Å². The molecule has 0 bridgehead atoms. The lowest BCUT2D eigenvalue weighted by molar-refractivity contribution is 0.661. The molecule has 3 heteroatoms. The molecule has 0 fully saturated rings. The van der Waals surface area contributed by atoms with E-state index in [-0.39, 0.29) is 10.8 Å². The topological polar surface area (TPSA) is 31.2 Å². The number of hydrogen-bond donors (Lipinski definition) is 0. The van der Waals surface area contributed by atoms with E-state index in [4.69, 9.17) is 8.83 Å². The number of para-hydroxylation sites is 2. The van der Waals surface area contributed by atoms with Crippen molar-refractivity contribution >= 4 is 87.2 Å². The maximum absolute atomic E-state index is 6.41. The smallest absolute Gasteiger partial charge is 0.136 e. The normalized spacial score (nSPS) is 14.7. The molecule has 3 aromatic heterocycles. The van der Waals surface area contributed by atoms with Gasteiger partial charge in [-0.1, -0.05) is 125 Å². The van der Waals surface area contributed by atoms with E-state index in [1.165, 1.54) is 110 Å². The molecule has 0 N–H and O–H groups in total. The third kappa shape index (κ3) is 4.52. The first-order chi connectivity index (χ1) is 32.1. The van der Waals surface area contributed by atoms with Gasteiger partial charge in [-0.2, -0.15) is 0 Å². The minimum atomic E-state index is -0.226. The van der Waals surface area contributed by atoms with Crippen LogP contribution in [0.3, 0.4) is 0 Å². The number of fused-ring (bicyclic) bond motifs is 19. The van der Waals surface area contributed by atoms with E-state index >= 15 is 0 Å². The Labute approximate surface area is 381 Å². The Morgan fingerprint density at radius 3 is 1.14 bits per heavy atom. The molecule has 0 radical (unpaired) electrons. The molecule has 3 heterocycles. The first kappa shape index (κ1) is 36.5. The predicted octanol–water partition coefficient (Wildman–Crippen LogP) is 17.4. The summed E-state index contributed by atoms with van der Waals surface area (Å²) in [7, 11) is 2.26. The van der Waals surface area contributed by atoms with E-state index < -0.39 is 0 Å². The minimum absolute atomic E-state index is 0.226. The van der Waals surface area contributed by atoms with Gasteiger partial charge >= 0.3 is 0 Å². The van der Waals surface area contributed by atoms with Gasteiger partial charge in [-0.15, -0.1) is 0 Å². The fourth-order valence-electron chi connectivity index (χ4n) is 12.6. The first-order valence-electron chi connectivity index (χ1n) is 23.2. The summed E-state index contributed by atoms with van der Waals surface area (Å²) in [4.78, 5) is 0. The molecule has 312 valence electrons. The van der Waals surface area contributed by atoms with Crippen LogP contribution in [0.15, 0.2) is 179 Å². The molecule has 15 rings (SSSR count). The van der Waals surface area contributed by atoms with Crippen LogP contribution in [0.4, 0.5) is 0 Å². The van der Waals surface area contributed by atoms with E-state index in [0.29, 0.717) is 0 Å². The molecule has 0 amide bonds. The van der Waals surface area contributed by atoms with Crippen LogP contribution < -0.4 is 0 Å². The molecule has 0 aliphatic heterocycles. The minimum Gasteiger partial charge on any atom is -0.456 e. The lowest BCUT2D eigenvalue weighted by Crippen LogP contribution is -2.15. The second-order valence-corrected chi connectivity index (χ2v) is 20.0. The summed E-state index contributed by atoms with van der Waals surface area (Å²) in [6.45, 7) is 9.67. The Kier molecular flexibility index (Phi) is 6.77. The highest BCUT2D eigenvalue weighted by molar-refractivity contribution is 6.18. The van der Waals surface area contributed by atoms with Gasteiger partial charge in [-0.3, -0.25) is 0 Å². The summed E-state index contributed by atoms with van der Waals surface area (Å²) in [5.41, 5.74) is 21.5. The molecule has 0 spiro atoms. The van der Waals surface area contributed by atoms with Crippen LogP contribution in [0.2, 0.25) is 0 Å². The number of nitrogens with zero attached hydrogens (tertiary/aromatic N) is 1. The number of hydrogen-bond acceptors (Lipinski definition) is 2. The lowest BCUT2D eigenvalue weighted by atomic mass is 9.79. The molecular formula is C63H43NO2. The van der Waals surface area contributed by atoms with Crippen LogP contribution in [-0.4, -0.2) is 4.57 Å². The van der Waals surface area contributed by atoms with Crippen molar-refractivity contribution in [2.45, 2.75) is 38.5 Å². The quantitative estimate of drug-likeness (QED) is 0.174. The molecule has 13 aromatic rings. The van der Waals surface area contributed by atoms with Gasteiger partial charge in [-0.05, 0) is 161 Å². The van der Waals surface area contributed by atoms with Gasteiger partial charge in [0.05, 0.1) is 0 Å². The van der Waals surface area contributed by atoms with Crippen molar-refractivity contribution < 1.29 is 8.83 Å². The monoisotopic (exact) mass is 845 g/mol. The van der Waals surface area contributed by atoms with Crippen molar-refractivity contribution in [1.82, 2.24) is 4.57 Å². The number of aromatic nitrogens is 1. The number of aryl methyl sites for hydroxylation is 1. The van der Waals surface area contributed by atoms with Crippen molar-refractivity contribution in [2.75, 3.05) is 0 Å². The number of furan rings is 2. The highest BCUT2D eigenvalue weighted by Crippen LogP contribution is 2.57. The van der Waals surface area contributed by atoms with Crippen molar-refractivity contribution in [1.29, 1.82) is 0 Å². The lowest BCUT2D eigenvalue weighted by Gasteiger charge is -2.23. The largest absolute Gasteiger partial charge is 0.456 e. The van der Waals surface area contributed by atoms with Gasteiger partial charge in [0, 0.05) is 61.2 Å². The van der Waals surface area contributed by atoms with E-state index in [1.807, 2.05) is 12.1 Å². The number of benzene rings is 10. The third-order valence-electron chi connectivity index (χ3n) is 16.0. The van der Waals surface area contributed by atoms with Crippen molar-refractivity contribution in [2.24, 2.45) is 7.05 Å². The molecule has 66 heavy (non-hydrogen) atoms. The van der Waals surface area contributed by atoms with Crippen molar-refractivity contribution in [3.8, 4) is 44.5 Å². The van der Waals surface area contributed by atoms with Gasteiger partial charge in [0.25, 0.3) is 0 Å². The maximum atomic E-state index is 6.41. The molecule has 0 saturated carbocycles. The van der Waals surface area contributed by atoms with Crippen LogP contribution in [0.1, 0.15) is 49.9 Å². The average Bonchev–Trinajstić information content (AvgIpc) is 4.09. The molecule has 0 atom stereocenters. The summed E-state index contributed by atoms with van der Waals surface area (Å²) in [5.74, 6) is 0. The zero-order chi connectivity index (χ0) is 44.0. The van der Waals surface area contributed by atoms with Gasteiger partial charge in [-0.25, -0.2) is 0 Å². The van der Waals surface area contributed by atoms with E-state index in [1.54, 1.807) is 0 Å². The number of rotatable bonds is 2.